The number of methoxy groups -OCH3 is 2. The van der Waals surface area contributed by atoms with Gasteiger partial charge in [0, 0.05) is 6.07 Å². The second-order valence-electron chi connectivity index (χ2n) is 2.80. The van der Waals surface area contributed by atoms with Gasteiger partial charge in [-0.1, -0.05) is 0 Å². The molecule has 0 radical (unpaired) electrons. The summed E-state index contributed by atoms with van der Waals surface area (Å²) >= 11 is 0. The van der Waals surface area contributed by atoms with E-state index in [1.807, 2.05) is 0 Å². The fraction of sp³-hybridized carbons (Fsp3) is 0.222. The second kappa shape index (κ2) is 4.47. The van der Waals surface area contributed by atoms with Gasteiger partial charge in [-0.15, -0.1) is 0 Å². The number of phenols is 1. The number of ether oxygens (including phenoxy) is 2. The number of benzene rings is 1. The van der Waals surface area contributed by atoms with Crippen LogP contribution in [0, 0.1) is 10.1 Å². The first-order valence-electron chi connectivity index (χ1n) is 4.15. The summed E-state index contributed by atoms with van der Waals surface area (Å²) in [5.41, 5.74) is -0.615. The number of carbonyl (C=O) groups excluding carboxylic acids is 1. The number of aromatic hydroxyl groups is 1. The Kier molecular flexibility index (Phi) is 3.29. The highest BCUT2D eigenvalue weighted by molar-refractivity contribution is 5.91. The van der Waals surface area contributed by atoms with Crippen LogP contribution in [0.3, 0.4) is 0 Å². The number of phenolic OH excluding ortho intramolecular Hbond substituents is 1. The van der Waals surface area contributed by atoms with Crippen molar-refractivity contribution in [3.05, 3.63) is 27.8 Å². The second-order valence-corrected chi connectivity index (χ2v) is 2.80. The lowest BCUT2D eigenvalue weighted by Crippen LogP contribution is -2.03. The van der Waals surface area contributed by atoms with Crippen molar-refractivity contribution in [1.82, 2.24) is 0 Å². The van der Waals surface area contributed by atoms with Crippen molar-refractivity contribution in [2.24, 2.45) is 0 Å². The maximum Gasteiger partial charge on any atom is 0.338 e. The minimum atomic E-state index is -0.777. The van der Waals surface area contributed by atoms with Crippen LogP contribution in [0.15, 0.2) is 12.1 Å². The van der Waals surface area contributed by atoms with Gasteiger partial charge in [0.1, 0.15) is 0 Å². The number of esters is 1. The zero-order valence-electron chi connectivity index (χ0n) is 8.59. The van der Waals surface area contributed by atoms with Crippen molar-refractivity contribution in [2.45, 2.75) is 0 Å². The van der Waals surface area contributed by atoms with Crippen LogP contribution in [0.2, 0.25) is 0 Å². The van der Waals surface area contributed by atoms with Crippen LogP contribution in [-0.2, 0) is 4.74 Å². The van der Waals surface area contributed by atoms with E-state index in [9.17, 15) is 20.0 Å². The average molecular weight is 227 g/mol. The lowest BCUT2D eigenvalue weighted by atomic mass is 10.1. The van der Waals surface area contributed by atoms with Gasteiger partial charge in [0.05, 0.1) is 24.7 Å². The van der Waals surface area contributed by atoms with Crippen molar-refractivity contribution >= 4 is 11.7 Å². The van der Waals surface area contributed by atoms with Gasteiger partial charge in [0.15, 0.2) is 5.75 Å². The summed E-state index contributed by atoms with van der Waals surface area (Å²) in [6, 6.07) is 2.02. The topological polar surface area (TPSA) is 98.9 Å². The zero-order chi connectivity index (χ0) is 12.3. The largest absolute Gasteiger partial charge is 0.504 e. The van der Waals surface area contributed by atoms with E-state index in [0.29, 0.717) is 0 Å². The molecule has 0 aliphatic heterocycles. The SMILES string of the molecule is COC(=O)c1cc(O)c(OC)c([N+](=O)[O-])c1. The van der Waals surface area contributed by atoms with Crippen molar-refractivity contribution in [2.75, 3.05) is 14.2 Å². The van der Waals surface area contributed by atoms with Crippen LogP contribution in [0.1, 0.15) is 10.4 Å². The van der Waals surface area contributed by atoms with Gasteiger partial charge in [-0.2, -0.15) is 0 Å². The minimum absolute atomic E-state index is 0.118. The molecule has 0 fully saturated rings. The van der Waals surface area contributed by atoms with E-state index in [1.54, 1.807) is 0 Å². The Morgan fingerprint density at radius 2 is 2.06 bits per heavy atom. The van der Waals surface area contributed by atoms with E-state index >= 15 is 0 Å². The molecule has 7 nitrogen and oxygen atoms in total. The molecule has 0 aliphatic rings. The van der Waals surface area contributed by atoms with E-state index in [2.05, 4.69) is 9.47 Å². The number of nitro groups is 1. The molecule has 1 aromatic rings. The Morgan fingerprint density at radius 1 is 1.44 bits per heavy atom. The third kappa shape index (κ3) is 2.02. The highest BCUT2D eigenvalue weighted by Crippen LogP contribution is 2.37. The van der Waals surface area contributed by atoms with Crippen molar-refractivity contribution in [3.63, 3.8) is 0 Å². The maximum absolute atomic E-state index is 11.1. The molecule has 0 aliphatic carbocycles. The quantitative estimate of drug-likeness (QED) is 0.471. The molecule has 1 N–H and O–H groups in total. The first-order chi connectivity index (χ1) is 7.51. The number of hydrogen-bond donors (Lipinski definition) is 1. The highest BCUT2D eigenvalue weighted by atomic mass is 16.6. The molecule has 0 atom stereocenters. The zero-order valence-corrected chi connectivity index (χ0v) is 8.59. The van der Waals surface area contributed by atoms with Crippen LogP contribution in [-0.4, -0.2) is 30.2 Å². The normalized spacial score (nSPS) is 9.62. The predicted octanol–water partition coefficient (Wildman–Crippen LogP) is 1.10. The minimum Gasteiger partial charge on any atom is -0.504 e. The molecule has 0 unspecified atom stereocenters. The standard InChI is InChI=1S/C9H9NO6/c1-15-8-6(10(13)14)3-5(4-7(8)11)9(12)16-2/h3-4,11H,1-2H3. The molecular formula is C9H9NO6. The van der Waals surface area contributed by atoms with E-state index in [1.165, 1.54) is 7.11 Å². The fourth-order valence-electron chi connectivity index (χ4n) is 1.18. The molecule has 1 aromatic carbocycles. The van der Waals surface area contributed by atoms with Crippen LogP contribution < -0.4 is 4.74 Å². The summed E-state index contributed by atoms with van der Waals surface area (Å²) in [6.07, 6.45) is 0. The predicted molar refractivity (Wildman–Crippen MR) is 52.7 cm³/mol. The van der Waals surface area contributed by atoms with Crippen LogP contribution in [0.25, 0.3) is 0 Å². The monoisotopic (exact) mass is 227 g/mol. The lowest BCUT2D eigenvalue weighted by molar-refractivity contribution is -0.385. The molecule has 7 heteroatoms. The Hall–Kier alpha value is -2.31. The van der Waals surface area contributed by atoms with Crippen molar-refractivity contribution in [3.8, 4) is 11.5 Å². The van der Waals surface area contributed by atoms with Crippen molar-refractivity contribution < 1.29 is 24.3 Å². The van der Waals surface area contributed by atoms with Crippen molar-refractivity contribution in [1.29, 1.82) is 0 Å². The molecule has 0 heterocycles. The fourth-order valence-corrected chi connectivity index (χ4v) is 1.18. The summed E-state index contributed by atoms with van der Waals surface area (Å²) in [6.45, 7) is 0. The molecule has 0 spiro atoms. The molecule has 0 saturated heterocycles. The van der Waals surface area contributed by atoms with Gasteiger partial charge in [-0.05, 0) is 6.07 Å². The smallest absolute Gasteiger partial charge is 0.338 e. The lowest BCUT2D eigenvalue weighted by Gasteiger charge is -2.06. The summed E-state index contributed by atoms with van der Waals surface area (Å²) in [5, 5.41) is 20.1. The molecule has 1 rings (SSSR count). The number of nitrogens with zero attached hydrogens (tertiary/aromatic N) is 1. The Labute approximate surface area is 90.4 Å². The molecular weight excluding hydrogens is 218 g/mol. The Morgan fingerprint density at radius 3 is 2.50 bits per heavy atom. The van der Waals surface area contributed by atoms with Gasteiger partial charge < -0.3 is 14.6 Å². The van der Waals surface area contributed by atoms with Crippen LogP contribution in [0.5, 0.6) is 11.5 Å². The first-order valence-corrected chi connectivity index (χ1v) is 4.15. The van der Waals surface area contributed by atoms with Gasteiger partial charge >= 0.3 is 11.7 Å². The number of hydrogen-bond acceptors (Lipinski definition) is 6. The van der Waals surface area contributed by atoms with Gasteiger partial charge in [0.25, 0.3) is 0 Å². The molecule has 86 valence electrons. The van der Waals surface area contributed by atoms with Gasteiger partial charge in [-0.3, -0.25) is 10.1 Å². The Balaban J connectivity index is 3.39. The summed E-state index contributed by atoms with van der Waals surface area (Å²) in [5.74, 6) is -1.56. The third-order valence-corrected chi connectivity index (χ3v) is 1.87. The number of rotatable bonds is 3. The van der Waals surface area contributed by atoms with Crippen LogP contribution in [0.4, 0.5) is 5.69 Å². The summed E-state index contributed by atoms with van der Waals surface area (Å²) in [7, 11) is 2.31. The summed E-state index contributed by atoms with van der Waals surface area (Å²) in [4.78, 5) is 21.0. The molecule has 16 heavy (non-hydrogen) atoms. The first kappa shape index (κ1) is 11.8. The molecule has 0 aromatic heterocycles. The summed E-state index contributed by atoms with van der Waals surface area (Å²) < 4.78 is 9.05. The number of carbonyl (C=O) groups is 1. The van der Waals surface area contributed by atoms with Gasteiger partial charge in [0.2, 0.25) is 5.75 Å². The molecule has 0 amide bonds. The van der Waals surface area contributed by atoms with E-state index in [4.69, 9.17) is 0 Å². The average Bonchev–Trinajstić information content (AvgIpc) is 2.26. The van der Waals surface area contributed by atoms with Crippen LogP contribution >= 0.6 is 0 Å². The number of nitro benzene ring substituents is 1. The Bertz CT molecular complexity index is 442. The van der Waals surface area contributed by atoms with E-state index < -0.39 is 22.3 Å². The van der Waals surface area contributed by atoms with E-state index in [0.717, 1.165) is 19.2 Å². The molecule has 0 bridgehead atoms. The van der Waals surface area contributed by atoms with E-state index in [-0.39, 0.29) is 11.3 Å². The highest BCUT2D eigenvalue weighted by Gasteiger charge is 2.23. The maximum atomic E-state index is 11.1. The van der Waals surface area contributed by atoms with Gasteiger partial charge in [-0.25, -0.2) is 4.79 Å². The third-order valence-electron chi connectivity index (χ3n) is 1.87. The molecule has 0 saturated carbocycles.